The molecule has 0 saturated carbocycles. The second-order valence-electron chi connectivity index (χ2n) is 10.4. The lowest BCUT2D eigenvalue weighted by atomic mass is 9.93. The van der Waals surface area contributed by atoms with Gasteiger partial charge in [0.2, 0.25) is 23.6 Å². The summed E-state index contributed by atoms with van der Waals surface area (Å²) in [4.78, 5) is 66.7. The Bertz CT molecular complexity index is 988. The second-order valence-corrected chi connectivity index (χ2v) is 11.5. The monoisotopic (exact) mass is 537 g/mol. The van der Waals surface area contributed by atoms with Crippen molar-refractivity contribution in [1.29, 1.82) is 0 Å². The molecule has 2 heterocycles. The first-order chi connectivity index (χ1) is 17.3. The van der Waals surface area contributed by atoms with Crippen LogP contribution in [-0.4, -0.2) is 71.8 Å². The van der Waals surface area contributed by atoms with E-state index in [1.54, 1.807) is 12.3 Å². The van der Waals surface area contributed by atoms with Gasteiger partial charge in [-0.3, -0.25) is 24.0 Å². The summed E-state index contributed by atoms with van der Waals surface area (Å²) in [6.45, 7) is 10.9. The highest BCUT2D eigenvalue weighted by molar-refractivity contribution is 7.09. The first-order valence-electron chi connectivity index (χ1n) is 12.5. The molecule has 0 unspecified atom stereocenters. The molecule has 1 fully saturated rings. The molecule has 2 rings (SSSR count). The third-order valence-electron chi connectivity index (χ3n) is 5.69. The number of hydrogen-bond acceptors (Lipinski definition) is 8. The van der Waals surface area contributed by atoms with E-state index < -0.39 is 35.4 Å². The number of amides is 4. The fourth-order valence-electron chi connectivity index (χ4n) is 3.70. The zero-order valence-electron chi connectivity index (χ0n) is 22.4. The number of rotatable bonds is 15. The van der Waals surface area contributed by atoms with E-state index in [0.29, 0.717) is 25.1 Å². The molecule has 1 aliphatic heterocycles. The number of ketones is 1. The molecule has 0 spiro atoms. The number of epoxide rings is 1. The Labute approximate surface area is 221 Å². The van der Waals surface area contributed by atoms with Crippen molar-refractivity contribution in [2.45, 2.75) is 78.5 Å². The van der Waals surface area contributed by atoms with Gasteiger partial charge in [-0.15, -0.1) is 11.3 Å². The Hall–Kier alpha value is -2.86. The Kier molecular flexibility index (Phi) is 11.2. The third-order valence-corrected chi connectivity index (χ3v) is 6.52. The minimum absolute atomic E-state index is 0.0637. The molecule has 1 saturated heterocycles. The molecule has 4 amide bonds. The van der Waals surface area contributed by atoms with Gasteiger partial charge in [-0.1, -0.05) is 27.7 Å². The van der Waals surface area contributed by atoms with E-state index in [2.05, 4.69) is 26.3 Å². The van der Waals surface area contributed by atoms with Crippen LogP contribution in [-0.2, 0) is 35.1 Å². The van der Waals surface area contributed by atoms with Crippen molar-refractivity contribution in [2.75, 3.05) is 19.7 Å². The van der Waals surface area contributed by atoms with Crippen LogP contribution in [0.3, 0.4) is 0 Å². The van der Waals surface area contributed by atoms with Crippen LogP contribution >= 0.6 is 11.3 Å². The topological polar surface area (TPSA) is 159 Å². The predicted molar refractivity (Wildman–Crippen MR) is 139 cm³/mol. The highest BCUT2D eigenvalue weighted by Gasteiger charge is 2.50. The molecule has 206 valence electrons. The number of Topliss-reactive ketones (excluding diaryl/α,β-unsaturated/α-hetero) is 1. The van der Waals surface area contributed by atoms with Gasteiger partial charge in [0.15, 0.2) is 5.78 Å². The number of ether oxygens (including phenoxy) is 1. The minimum Gasteiger partial charge on any atom is -0.361 e. The summed E-state index contributed by atoms with van der Waals surface area (Å²) in [5.41, 5.74) is -0.232. The molecule has 0 radical (unpaired) electrons. The molecule has 37 heavy (non-hydrogen) atoms. The van der Waals surface area contributed by atoms with Crippen molar-refractivity contribution in [3.63, 3.8) is 0 Å². The largest absolute Gasteiger partial charge is 0.361 e. The molecular formula is C25H39N5O6S. The van der Waals surface area contributed by atoms with Crippen LogP contribution < -0.4 is 21.3 Å². The quantitative estimate of drug-likeness (QED) is 0.239. The number of carbonyl (C=O) groups is 5. The number of aromatic nitrogens is 1. The standard InChI is InChI=1S/C25H39N5O6S/c1-14(2)7-18(23(34)25(6)13-36-25)29-22(33)11-27-24(35)19(8-15(3)4)30-21(32)10-26-20(31)9-17-12-37-16(5)28-17/h12,14-15,18-19H,7-11,13H2,1-6H3,(H,26,31)(H,27,35)(H,29,33)(H,30,32)/t18-,19-,25+/m0/s1. The Morgan fingerprint density at radius 2 is 1.49 bits per heavy atom. The van der Waals surface area contributed by atoms with Gasteiger partial charge in [0.05, 0.1) is 42.9 Å². The van der Waals surface area contributed by atoms with E-state index in [9.17, 15) is 24.0 Å². The first-order valence-corrected chi connectivity index (χ1v) is 13.4. The lowest BCUT2D eigenvalue weighted by molar-refractivity contribution is -0.132. The second kappa shape index (κ2) is 13.6. The molecule has 11 nitrogen and oxygen atoms in total. The Morgan fingerprint density at radius 1 is 0.946 bits per heavy atom. The van der Waals surface area contributed by atoms with E-state index in [1.807, 2.05) is 34.6 Å². The van der Waals surface area contributed by atoms with Gasteiger partial charge in [0.1, 0.15) is 11.6 Å². The molecule has 4 N–H and O–H groups in total. The fraction of sp³-hybridized carbons (Fsp3) is 0.680. The smallest absolute Gasteiger partial charge is 0.243 e. The molecule has 1 aromatic heterocycles. The van der Waals surface area contributed by atoms with Crippen molar-refractivity contribution in [3.8, 4) is 0 Å². The number of hydrogen-bond donors (Lipinski definition) is 4. The van der Waals surface area contributed by atoms with Crippen molar-refractivity contribution < 1.29 is 28.7 Å². The van der Waals surface area contributed by atoms with Gasteiger partial charge in [-0.2, -0.15) is 0 Å². The summed E-state index contributed by atoms with van der Waals surface area (Å²) >= 11 is 1.44. The first kappa shape index (κ1) is 30.4. The zero-order valence-corrected chi connectivity index (χ0v) is 23.3. The molecular weight excluding hydrogens is 498 g/mol. The van der Waals surface area contributed by atoms with Crippen LogP contribution in [0.5, 0.6) is 0 Å². The van der Waals surface area contributed by atoms with Crippen LogP contribution in [0.1, 0.15) is 58.2 Å². The normalized spacial score (nSPS) is 18.2. The van der Waals surface area contributed by atoms with Gasteiger partial charge >= 0.3 is 0 Å². The molecule has 12 heteroatoms. The number of carbonyl (C=O) groups excluding carboxylic acids is 5. The van der Waals surface area contributed by atoms with E-state index in [1.165, 1.54) is 11.3 Å². The summed E-state index contributed by atoms with van der Waals surface area (Å²) in [6.07, 6.45) is 0.862. The molecule has 0 aromatic carbocycles. The van der Waals surface area contributed by atoms with Gasteiger partial charge in [-0.25, -0.2) is 4.98 Å². The van der Waals surface area contributed by atoms with E-state index >= 15 is 0 Å². The maximum Gasteiger partial charge on any atom is 0.243 e. The summed E-state index contributed by atoms with van der Waals surface area (Å²) in [5, 5.41) is 13.0. The van der Waals surface area contributed by atoms with Crippen molar-refractivity contribution >= 4 is 40.7 Å². The average Bonchev–Trinajstić information content (AvgIpc) is 3.43. The maximum atomic E-state index is 12.8. The Balaban J connectivity index is 1.84. The molecule has 0 bridgehead atoms. The van der Waals surface area contributed by atoms with E-state index in [0.717, 1.165) is 5.01 Å². The lowest BCUT2D eigenvalue weighted by Crippen LogP contribution is -2.53. The van der Waals surface area contributed by atoms with Crippen LogP contribution in [0.2, 0.25) is 0 Å². The molecule has 1 aromatic rings. The summed E-state index contributed by atoms with van der Waals surface area (Å²) in [5.74, 6) is -1.83. The van der Waals surface area contributed by atoms with Gasteiger partial charge in [0, 0.05) is 5.38 Å². The molecule has 0 aliphatic carbocycles. The van der Waals surface area contributed by atoms with Crippen LogP contribution in [0.4, 0.5) is 0 Å². The maximum absolute atomic E-state index is 12.8. The Morgan fingerprint density at radius 3 is 2.00 bits per heavy atom. The summed E-state index contributed by atoms with van der Waals surface area (Å²) < 4.78 is 5.23. The number of aryl methyl sites for hydroxylation is 1. The summed E-state index contributed by atoms with van der Waals surface area (Å²) in [6, 6.07) is -1.59. The number of nitrogens with zero attached hydrogens (tertiary/aromatic N) is 1. The fourth-order valence-corrected chi connectivity index (χ4v) is 4.31. The molecule has 3 atom stereocenters. The third kappa shape index (κ3) is 10.6. The van der Waals surface area contributed by atoms with Crippen molar-refractivity contribution in [3.05, 3.63) is 16.1 Å². The highest BCUT2D eigenvalue weighted by Crippen LogP contribution is 2.29. The van der Waals surface area contributed by atoms with Crippen molar-refractivity contribution in [1.82, 2.24) is 26.3 Å². The zero-order chi connectivity index (χ0) is 27.8. The van der Waals surface area contributed by atoms with Crippen LogP contribution in [0.15, 0.2) is 5.38 Å². The number of thiazole rings is 1. The SMILES string of the molecule is Cc1nc(CC(=O)NCC(=O)N[C@@H](CC(C)C)C(=O)NCC(=O)N[C@@H](CC(C)C)C(=O)[C@@]2(C)CO2)cs1. The van der Waals surface area contributed by atoms with Gasteiger partial charge in [0.25, 0.3) is 0 Å². The highest BCUT2D eigenvalue weighted by atomic mass is 32.1. The van der Waals surface area contributed by atoms with Crippen LogP contribution in [0.25, 0.3) is 0 Å². The lowest BCUT2D eigenvalue weighted by Gasteiger charge is -2.22. The van der Waals surface area contributed by atoms with Crippen LogP contribution in [0, 0.1) is 18.8 Å². The van der Waals surface area contributed by atoms with E-state index in [4.69, 9.17) is 4.74 Å². The molecule has 1 aliphatic rings. The summed E-state index contributed by atoms with van der Waals surface area (Å²) in [7, 11) is 0. The minimum atomic E-state index is -0.884. The predicted octanol–water partition coefficient (Wildman–Crippen LogP) is 0.646. The van der Waals surface area contributed by atoms with Gasteiger partial charge < -0.3 is 26.0 Å². The average molecular weight is 538 g/mol. The van der Waals surface area contributed by atoms with E-state index in [-0.39, 0.29) is 43.0 Å². The van der Waals surface area contributed by atoms with Gasteiger partial charge in [-0.05, 0) is 38.5 Å². The van der Waals surface area contributed by atoms with Crippen molar-refractivity contribution in [2.24, 2.45) is 11.8 Å². The number of nitrogens with one attached hydrogen (secondary N) is 4.